The molecule has 2 atom stereocenters. The molecular weight excluding hydrogens is 242 g/mol. The van der Waals surface area contributed by atoms with Crippen molar-refractivity contribution in [3.63, 3.8) is 0 Å². The third-order valence-electron chi connectivity index (χ3n) is 3.64. The second-order valence-electron chi connectivity index (χ2n) is 5.12. The van der Waals surface area contributed by atoms with Crippen LogP contribution < -0.4 is 5.32 Å². The van der Waals surface area contributed by atoms with E-state index in [9.17, 15) is 15.0 Å². The first-order chi connectivity index (χ1) is 8.75. The van der Waals surface area contributed by atoms with Crippen molar-refractivity contribution in [1.29, 1.82) is 0 Å². The number of carbonyl (C=O) groups excluding carboxylic acids is 1. The van der Waals surface area contributed by atoms with Crippen LogP contribution in [0, 0.1) is 27.7 Å². The third-order valence-corrected chi connectivity index (χ3v) is 3.64. The van der Waals surface area contributed by atoms with E-state index in [1.807, 2.05) is 27.7 Å². The smallest absolute Gasteiger partial charge is 0.216 e. The van der Waals surface area contributed by atoms with Gasteiger partial charge >= 0.3 is 0 Å². The SMILES string of the molecule is CC(=O)NCC(O)C(O)c1c(C)c(C)cc(C)c1C. The fraction of sp³-hybridized carbons (Fsp3) is 0.533. The molecule has 1 aromatic carbocycles. The zero-order chi connectivity index (χ0) is 14.7. The van der Waals surface area contributed by atoms with Crippen LogP contribution in [0.25, 0.3) is 0 Å². The Bertz CT molecular complexity index is 457. The first-order valence-corrected chi connectivity index (χ1v) is 6.43. The van der Waals surface area contributed by atoms with E-state index in [0.717, 1.165) is 27.8 Å². The highest BCUT2D eigenvalue weighted by molar-refractivity contribution is 5.72. The summed E-state index contributed by atoms with van der Waals surface area (Å²) >= 11 is 0. The van der Waals surface area contributed by atoms with Crippen LogP contribution in [0.5, 0.6) is 0 Å². The Morgan fingerprint density at radius 2 is 1.63 bits per heavy atom. The van der Waals surface area contributed by atoms with Crippen LogP contribution in [0.3, 0.4) is 0 Å². The molecule has 0 saturated carbocycles. The summed E-state index contributed by atoms with van der Waals surface area (Å²) in [5.41, 5.74) is 4.90. The highest BCUT2D eigenvalue weighted by Gasteiger charge is 2.23. The number of aliphatic hydroxyl groups is 2. The topological polar surface area (TPSA) is 69.6 Å². The lowest BCUT2D eigenvalue weighted by Gasteiger charge is -2.24. The summed E-state index contributed by atoms with van der Waals surface area (Å²) in [6, 6.07) is 2.07. The molecule has 1 amide bonds. The van der Waals surface area contributed by atoms with Crippen molar-refractivity contribution in [1.82, 2.24) is 5.32 Å². The van der Waals surface area contributed by atoms with Gasteiger partial charge in [-0.25, -0.2) is 0 Å². The molecule has 3 N–H and O–H groups in total. The highest BCUT2D eigenvalue weighted by atomic mass is 16.3. The van der Waals surface area contributed by atoms with Crippen LogP contribution in [0.4, 0.5) is 0 Å². The van der Waals surface area contributed by atoms with Gasteiger partial charge in [-0.15, -0.1) is 0 Å². The molecule has 0 aromatic heterocycles. The molecule has 19 heavy (non-hydrogen) atoms. The molecule has 2 unspecified atom stereocenters. The van der Waals surface area contributed by atoms with E-state index >= 15 is 0 Å². The summed E-state index contributed by atoms with van der Waals surface area (Å²) in [6.07, 6.45) is -2.01. The molecule has 0 fully saturated rings. The van der Waals surface area contributed by atoms with Crippen LogP contribution >= 0.6 is 0 Å². The molecule has 0 radical (unpaired) electrons. The summed E-state index contributed by atoms with van der Waals surface area (Å²) < 4.78 is 0. The fourth-order valence-corrected chi connectivity index (χ4v) is 2.24. The molecular formula is C15H23NO3. The molecule has 1 rings (SSSR count). The molecule has 0 aliphatic carbocycles. The Hall–Kier alpha value is -1.39. The number of amides is 1. The van der Waals surface area contributed by atoms with Gasteiger partial charge in [-0.3, -0.25) is 4.79 Å². The molecule has 1 aromatic rings. The molecule has 0 heterocycles. The quantitative estimate of drug-likeness (QED) is 0.771. The number of benzene rings is 1. The van der Waals surface area contributed by atoms with E-state index in [0.29, 0.717) is 0 Å². The number of hydrogen-bond acceptors (Lipinski definition) is 3. The predicted octanol–water partition coefficient (Wildman–Crippen LogP) is 1.45. The molecule has 0 aliphatic rings. The Morgan fingerprint density at radius 3 is 2.05 bits per heavy atom. The number of aliphatic hydroxyl groups excluding tert-OH is 2. The minimum atomic E-state index is -1.01. The van der Waals surface area contributed by atoms with Crippen molar-refractivity contribution >= 4 is 5.91 Å². The van der Waals surface area contributed by atoms with Crippen molar-refractivity contribution in [3.05, 3.63) is 33.9 Å². The highest BCUT2D eigenvalue weighted by Crippen LogP contribution is 2.29. The van der Waals surface area contributed by atoms with Gasteiger partial charge in [0.2, 0.25) is 5.91 Å². The van der Waals surface area contributed by atoms with Crippen molar-refractivity contribution in [3.8, 4) is 0 Å². The van der Waals surface area contributed by atoms with E-state index in [4.69, 9.17) is 0 Å². The Morgan fingerprint density at radius 1 is 1.16 bits per heavy atom. The van der Waals surface area contributed by atoms with Crippen LogP contribution in [0.15, 0.2) is 6.07 Å². The monoisotopic (exact) mass is 265 g/mol. The normalized spacial score (nSPS) is 14.1. The number of nitrogens with one attached hydrogen (secondary N) is 1. The summed E-state index contributed by atoms with van der Waals surface area (Å²) in [7, 11) is 0. The van der Waals surface area contributed by atoms with Crippen molar-refractivity contribution in [2.45, 2.75) is 46.8 Å². The zero-order valence-electron chi connectivity index (χ0n) is 12.2. The number of hydrogen-bond donors (Lipinski definition) is 3. The van der Waals surface area contributed by atoms with Gasteiger partial charge in [0, 0.05) is 13.5 Å². The number of rotatable bonds is 4. The lowest BCUT2D eigenvalue weighted by molar-refractivity contribution is -0.119. The maximum absolute atomic E-state index is 10.8. The van der Waals surface area contributed by atoms with Crippen LogP contribution in [-0.2, 0) is 4.79 Å². The average molecular weight is 265 g/mol. The Balaban J connectivity index is 3.05. The van der Waals surface area contributed by atoms with E-state index < -0.39 is 12.2 Å². The molecule has 0 bridgehead atoms. The second kappa shape index (κ2) is 6.17. The summed E-state index contributed by atoms with van der Waals surface area (Å²) in [5, 5.41) is 22.8. The molecule has 0 aliphatic heterocycles. The first-order valence-electron chi connectivity index (χ1n) is 6.43. The van der Waals surface area contributed by atoms with Crippen molar-refractivity contribution < 1.29 is 15.0 Å². The Kier molecular flexibility index (Phi) is 5.09. The minimum absolute atomic E-state index is 0.0440. The summed E-state index contributed by atoms with van der Waals surface area (Å²) in [4.78, 5) is 10.8. The van der Waals surface area contributed by atoms with Gasteiger partial charge in [0.1, 0.15) is 12.2 Å². The van der Waals surface area contributed by atoms with E-state index in [-0.39, 0.29) is 12.5 Å². The van der Waals surface area contributed by atoms with E-state index in [2.05, 4.69) is 11.4 Å². The maximum Gasteiger partial charge on any atom is 0.216 e. The molecule has 0 saturated heterocycles. The first kappa shape index (κ1) is 15.7. The largest absolute Gasteiger partial charge is 0.388 e. The summed E-state index contributed by atoms with van der Waals surface area (Å²) in [6.45, 7) is 9.27. The van der Waals surface area contributed by atoms with E-state index in [1.165, 1.54) is 6.92 Å². The van der Waals surface area contributed by atoms with Crippen LogP contribution in [0.1, 0.15) is 40.8 Å². The lowest BCUT2D eigenvalue weighted by Crippen LogP contribution is -2.34. The van der Waals surface area contributed by atoms with Gasteiger partial charge in [0.15, 0.2) is 0 Å². The second-order valence-corrected chi connectivity index (χ2v) is 5.12. The molecule has 106 valence electrons. The van der Waals surface area contributed by atoms with Crippen molar-refractivity contribution in [2.75, 3.05) is 6.54 Å². The lowest BCUT2D eigenvalue weighted by atomic mass is 9.89. The third kappa shape index (κ3) is 3.55. The number of carbonyl (C=O) groups is 1. The average Bonchev–Trinajstić information content (AvgIpc) is 2.33. The summed E-state index contributed by atoms with van der Waals surface area (Å²) in [5.74, 6) is -0.222. The van der Waals surface area contributed by atoms with Gasteiger partial charge < -0.3 is 15.5 Å². The molecule has 4 nitrogen and oxygen atoms in total. The van der Waals surface area contributed by atoms with Crippen LogP contribution in [-0.4, -0.2) is 28.8 Å². The molecule has 4 heteroatoms. The standard InChI is InChI=1S/C15H23NO3/c1-8-6-9(2)11(4)14(10(8)3)15(19)13(18)7-16-12(5)17/h6,13,15,18-19H,7H2,1-5H3,(H,16,17). The minimum Gasteiger partial charge on any atom is -0.388 e. The van der Waals surface area contributed by atoms with Gasteiger partial charge in [-0.2, -0.15) is 0 Å². The number of aryl methyl sites for hydroxylation is 2. The van der Waals surface area contributed by atoms with Gasteiger partial charge in [0.05, 0.1) is 0 Å². The predicted molar refractivity (Wildman–Crippen MR) is 75.0 cm³/mol. The maximum atomic E-state index is 10.8. The van der Waals surface area contributed by atoms with Crippen LogP contribution in [0.2, 0.25) is 0 Å². The fourth-order valence-electron chi connectivity index (χ4n) is 2.24. The van der Waals surface area contributed by atoms with Gasteiger partial charge in [-0.05, 0) is 55.5 Å². The Labute approximate surface area is 114 Å². The van der Waals surface area contributed by atoms with Gasteiger partial charge in [0.25, 0.3) is 0 Å². The molecule has 0 spiro atoms. The van der Waals surface area contributed by atoms with Gasteiger partial charge in [-0.1, -0.05) is 6.07 Å². The van der Waals surface area contributed by atoms with Crippen molar-refractivity contribution in [2.24, 2.45) is 0 Å². The van der Waals surface area contributed by atoms with E-state index in [1.54, 1.807) is 0 Å². The zero-order valence-corrected chi connectivity index (χ0v) is 12.2.